The Kier molecular flexibility index (Phi) is 15.3. The van der Waals surface area contributed by atoms with Crippen molar-refractivity contribution < 1.29 is 9.47 Å². The third-order valence-electron chi connectivity index (χ3n) is 18.2. The summed E-state index contributed by atoms with van der Waals surface area (Å²) >= 11 is 0. The molecule has 0 unspecified atom stereocenters. The molecule has 92 heavy (non-hydrogen) atoms. The highest BCUT2D eigenvalue weighted by atomic mass is 16.5. The number of hydrogen-bond acceptors (Lipinski definition) is 2. The van der Waals surface area contributed by atoms with E-state index in [1.165, 1.54) is 33.4 Å². The van der Waals surface area contributed by atoms with Crippen molar-refractivity contribution in [2.45, 2.75) is 13.8 Å². The first-order valence-corrected chi connectivity index (χ1v) is 31.6. The van der Waals surface area contributed by atoms with Crippen LogP contribution in [0.15, 0.2) is 328 Å². The van der Waals surface area contributed by atoms with Gasteiger partial charge in [0.05, 0.1) is 14.2 Å². The van der Waals surface area contributed by atoms with Crippen LogP contribution in [-0.2, 0) is 0 Å². The third kappa shape index (κ3) is 10.2. The number of methoxy groups -OCH3 is 2. The Morgan fingerprint density at radius 3 is 0.511 bits per heavy atom. The van der Waals surface area contributed by atoms with Gasteiger partial charge >= 0.3 is 0 Å². The van der Waals surface area contributed by atoms with Gasteiger partial charge in [-0.3, -0.25) is 0 Å². The Bertz CT molecular complexity index is 5080. The second-order valence-corrected chi connectivity index (χ2v) is 23.7. The lowest BCUT2D eigenvalue weighted by atomic mass is 9.71. The molecule has 15 aromatic carbocycles. The first kappa shape index (κ1) is 56.9. The van der Waals surface area contributed by atoms with Gasteiger partial charge in [0.1, 0.15) is 11.5 Å². The van der Waals surface area contributed by atoms with E-state index >= 15 is 0 Å². The molecule has 2 heteroatoms. The van der Waals surface area contributed by atoms with E-state index in [9.17, 15) is 0 Å². The molecule has 0 N–H and O–H groups in total. The lowest BCUT2D eigenvalue weighted by molar-refractivity contribution is 0.414. The summed E-state index contributed by atoms with van der Waals surface area (Å²) in [6, 6.07) is 121. The van der Waals surface area contributed by atoms with Gasteiger partial charge in [-0.15, -0.1) is 0 Å². The molecule has 0 aliphatic heterocycles. The highest BCUT2D eigenvalue weighted by molar-refractivity contribution is 6.30. The van der Waals surface area contributed by atoms with Crippen LogP contribution in [0.5, 0.6) is 11.5 Å². The number of aryl methyl sites for hydroxylation is 2. The van der Waals surface area contributed by atoms with Crippen molar-refractivity contribution in [1.82, 2.24) is 0 Å². The van der Waals surface area contributed by atoms with Gasteiger partial charge in [-0.25, -0.2) is 0 Å². The summed E-state index contributed by atoms with van der Waals surface area (Å²) in [5.41, 5.74) is 29.6. The fraction of sp³-hybridized carbons (Fsp3) is 0.0444. The lowest BCUT2D eigenvalue weighted by Crippen LogP contribution is -2.04. The zero-order valence-corrected chi connectivity index (χ0v) is 52.0. The van der Waals surface area contributed by atoms with Gasteiger partial charge in [0, 0.05) is 0 Å². The normalized spacial score (nSPS) is 11.3. The topological polar surface area (TPSA) is 18.5 Å². The van der Waals surface area contributed by atoms with Crippen LogP contribution in [0.2, 0.25) is 0 Å². The van der Waals surface area contributed by atoms with Crippen LogP contribution in [0.1, 0.15) is 11.1 Å². The molecule has 0 amide bonds. The summed E-state index contributed by atoms with van der Waals surface area (Å²) < 4.78 is 11.8. The predicted molar refractivity (Wildman–Crippen MR) is 389 cm³/mol. The highest BCUT2D eigenvalue weighted by Gasteiger charge is 2.35. The molecule has 15 aromatic rings. The summed E-state index contributed by atoms with van der Waals surface area (Å²) in [7, 11) is 3.47. The summed E-state index contributed by atoms with van der Waals surface area (Å²) in [6.45, 7) is 4.36. The van der Waals surface area contributed by atoms with Gasteiger partial charge in [-0.1, -0.05) is 314 Å². The average Bonchev–Trinajstić information content (AvgIpc) is 0.701. The maximum absolute atomic E-state index is 5.93. The molecule has 0 saturated heterocycles. The van der Waals surface area contributed by atoms with E-state index in [1.54, 1.807) is 14.2 Å². The van der Waals surface area contributed by atoms with Gasteiger partial charge < -0.3 is 9.47 Å². The molecule has 0 spiro atoms. The van der Waals surface area contributed by atoms with Crippen LogP contribution in [0.4, 0.5) is 0 Å². The summed E-state index contributed by atoms with van der Waals surface area (Å²) in [5.74, 6) is 1.58. The summed E-state index contributed by atoms with van der Waals surface area (Å²) in [6.07, 6.45) is 0. The van der Waals surface area contributed by atoms with Crippen molar-refractivity contribution in [3.05, 3.63) is 339 Å². The Balaban J connectivity index is 1.22. The number of benzene rings is 15. The molecule has 2 nitrogen and oxygen atoms in total. The minimum atomic E-state index is 0.788. The van der Waals surface area contributed by atoms with Crippen LogP contribution in [-0.4, -0.2) is 14.2 Å². The lowest BCUT2D eigenvalue weighted by Gasteiger charge is -2.32. The Morgan fingerprint density at radius 2 is 0.315 bits per heavy atom. The van der Waals surface area contributed by atoms with Gasteiger partial charge in [-0.2, -0.15) is 0 Å². The molecule has 438 valence electrons. The molecule has 0 heterocycles. The molecule has 0 aliphatic rings. The largest absolute Gasteiger partial charge is 0.497 e. The second kappa shape index (κ2) is 24.8. The quantitative estimate of drug-likeness (QED) is 0.101. The van der Waals surface area contributed by atoms with Crippen LogP contribution in [0, 0.1) is 13.8 Å². The van der Waals surface area contributed by atoms with Crippen molar-refractivity contribution in [3.8, 4) is 145 Å². The average molecular weight is 1180 g/mol. The molecule has 0 aromatic heterocycles. The van der Waals surface area contributed by atoms with E-state index in [1.807, 2.05) is 0 Å². The maximum atomic E-state index is 5.93. The van der Waals surface area contributed by atoms with Crippen molar-refractivity contribution in [1.29, 1.82) is 0 Å². The van der Waals surface area contributed by atoms with Crippen molar-refractivity contribution in [2.75, 3.05) is 14.2 Å². The predicted octanol–water partition coefficient (Wildman–Crippen LogP) is 24.6. The first-order chi connectivity index (χ1) is 45.4. The van der Waals surface area contributed by atoms with E-state index < -0.39 is 0 Å². The van der Waals surface area contributed by atoms with E-state index in [0.717, 1.165) is 144 Å². The summed E-state index contributed by atoms with van der Waals surface area (Å²) in [4.78, 5) is 0. The van der Waals surface area contributed by atoms with Gasteiger partial charge in [0.15, 0.2) is 0 Å². The smallest absolute Gasteiger partial charge is 0.118 e. The van der Waals surface area contributed by atoms with E-state index in [-0.39, 0.29) is 0 Å². The van der Waals surface area contributed by atoms with E-state index in [4.69, 9.17) is 9.47 Å². The standard InChI is InChI=1S/C90H66O2/c1-59-43-47-67(48-44-59)79-77(61-27-11-5-12-28-61)83(63-31-15-7-16-32-63)89(85(65-35-19-9-20-36-65)81(79)68-49-45-60(2)46-50-68)87-73-39-23-25-41-75(73)88(76-42-26-24-40-74(76)87)90-84(64-33-17-8-18-34-64)78(62-29-13-6-14-30-62)80(69-51-55-71(91-3)56-52-69)82(70-53-57-72(92-4)58-54-70)86(90)66-37-21-10-22-38-66/h5-58H,1-4H3. The second-order valence-electron chi connectivity index (χ2n) is 23.7. The number of ether oxygens (including phenoxy) is 2. The summed E-state index contributed by atoms with van der Waals surface area (Å²) in [5, 5.41) is 4.53. The zero-order chi connectivity index (χ0) is 62.1. The van der Waals surface area contributed by atoms with Gasteiger partial charge in [0.2, 0.25) is 0 Å². The van der Waals surface area contributed by atoms with Crippen LogP contribution in [0.3, 0.4) is 0 Å². The van der Waals surface area contributed by atoms with E-state index in [0.29, 0.717) is 0 Å². The minimum absolute atomic E-state index is 0.788. The molecule has 0 saturated carbocycles. The Labute approximate surface area is 539 Å². The number of fused-ring (bicyclic) bond motifs is 2. The maximum Gasteiger partial charge on any atom is 0.118 e. The highest BCUT2D eigenvalue weighted by Crippen LogP contribution is 2.62. The molecule has 0 aliphatic carbocycles. The third-order valence-corrected chi connectivity index (χ3v) is 18.2. The SMILES string of the molecule is COc1ccc(-c2c(-c3ccccc3)c(-c3ccccc3)c(-c3c4ccccc4c(-c4c(-c5ccccc5)c(-c5ccccc5)c(-c5ccc(C)cc5)c(-c5ccc(C)cc5)c4-c4ccccc4)c4ccccc34)c(-c3ccccc3)c2-c2ccc(OC)cc2)cc1. The molecule has 0 fully saturated rings. The first-order valence-electron chi connectivity index (χ1n) is 31.6. The zero-order valence-electron chi connectivity index (χ0n) is 52.0. The van der Waals surface area contributed by atoms with Gasteiger partial charge in [-0.05, 0) is 193 Å². The Morgan fingerprint density at radius 1 is 0.152 bits per heavy atom. The van der Waals surface area contributed by atoms with Crippen LogP contribution < -0.4 is 9.47 Å². The van der Waals surface area contributed by atoms with Crippen molar-refractivity contribution >= 4 is 21.5 Å². The number of hydrogen-bond donors (Lipinski definition) is 0. The van der Waals surface area contributed by atoms with Gasteiger partial charge in [0.25, 0.3) is 0 Å². The molecular weight excluding hydrogens is 1110 g/mol. The number of rotatable bonds is 14. The van der Waals surface area contributed by atoms with E-state index in [2.05, 4.69) is 341 Å². The molecule has 0 radical (unpaired) electrons. The van der Waals surface area contributed by atoms with Crippen molar-refractivity contribution in [3.63, 3.8) is 0 Å². The molecule has 0 atom stereocenters. The van der Waals surface area contributed by atoms with Crippen LogP contribution in [0.25, 0.3) is 155 Å². The molecule has 15 rings (SSSR count). The fourth-order valence-electron chi connectivity index (χ4n) is 14.1. The van der Waals surface area contributed by atoms with Crippen molar-refractivity contribution in [2.24, 2.45) is 0 Å². The van der Waals surface area contributed by atoms with Crippen LogP contribution >= 0.6 is 0 Å². The Hall–Kier alpha value is -11.6. The monoisotopic (exact) mass is 1180 g/mol. The molecule has 0 bridgehead atoms. The minimum Gasteiger partial charge on any atom is -0.497 e. The molecular formula is C90H66O2. The fourth-order valence-corrected chi connectivity index (χ4v) is 14.1.